The van der Waals surface area contributed by atoms with Crippen LogP contribution in [-0.4, -0.2) is 22.9 Å². The third kappa shape index (κ3) is 3.02. The average molecular weight is 273 g/mol. The molecule has 0 aliphatic rings. The van der Waals surface area contributed by atoms with Crippen molar-refractivity contribution in [3.8, 4) is 11.4 Å². The highest BCUT2D eigenvalue weighted by atomic mass is 16.5. The lowest BCUT2D eigenvalue weighted by atomic mass is 10.2. The maximum Gasteiger partial charge on any atom is 0.144 e. The van der Waals surface area contributed by atoms with Gasteiger partial charge in [0.2, 0.25) is 0 Å². The van der Waals surface area contributed by atoms with Gasteiger partial charge < -0.3 is 10.1 Å². The molecule has 1 N–H and O–H groups in total. The van der Waals surface area contributed by atoms with Gasteiger partial charge in [-0.25, -0.2) is 4.68 Å². The SMILES string of the molecule is CCc1c(CNC(C)C)cnn1-c1ccccc1OC. The Morgan fingerprint density at radius 1 is 1.30 bits per heavy atom. The smallest absolute Gasteiger partial charge is 0.144 e. The maximum atomic E-state index is 5.43. The summed E-state index contributed by atoms with van der Waals surface area (Å²) in [5.74, 6) is 0.841. The Morgan fingerprint density at radius 2 is 2.05 bits per heavy atom. The molecule has 1 heterocycles. The number of nitrogens with zero attached hydrogens (tertiary/aromatic N) is 2. The van der Waals surface area contributed by atoms with Gasteiger partial charge in [-0.15, -0.1) is 0 Å². The van der Waals surface area contributed by atoms with Crippen molar-refractivity contribution in [1.82, 2.24) is 15.1 Å². The van der Waals surface area contributed by atoms with Crippen molar-refractivity contribution in [2.45, 2.75) is 39.8 Å². The molecule has 0 spiro atoms. The molecule has 2 aromatic rings. The molecule has 0 bridgehead atoms. The first-order chi connectivity index (χ1) is 9.67. The van der Waals surface area contributed by atoms with Gasteiger partial charge in [0.05, 0.1) is 13.3 Å². The zero-order chi connectivity index (χ0) is 14.5. The number of ether oxygens (including phenoxy) is 1. The molecule has 0 unspecified atom stereocenters. The molecule has 2 rings (SSSR count). The van der Waals surface area contributed by atoms with E-state index in [0.29, 0.717) is 6.04 Å². The third-order valence-corrected chi connectivity index (χ3v) is 3.30. The molecule has 0 fully saturated rings. The van der Waals surface area contributed by atoms with Gasteiger partial charge in [0.25, 0.3) is 0 Å². The van der Waals surface area contributed by atoms with E-state index in [4.69, 9.17) is 4.74 Å². The number of nitrogens with one attached hydrogen (secondary N) is 1. The highest BCUT2D eigenvalue weighted by Crippen LogP contribution is 2.24. The summed E-state index contributed by atoms with van der Waals surface area (Å²) < 4.78 is 7.41. The van der Waals surface area contributed by atoms with Crippen molar-refractivity contribution in [2.75, 3.05) is 7.11 Å². The largest absolute Gasteiger partial charge is 0.494 e. The van der Waals surface area contributed by atoms with Crippen molar-refractivity contribution in [1.29, 1.82) is 0 Å². The summed E-state index contributed by atoms with van der Waals surface area (Å²) in [6, 6.07) is 8.44. The van der Waals surface area contributed by atoms with Gasteiger partial charge in [0, 0.05) is 23.8 Å². The zero-order valence-electron chi connectivity index (χ0n) is 12.7. The van der Waals surface area contributed by atoms with Crippen molar-refractivity contribution < 1.29 is 4.74 Å². The average Bonchev–Trinajstić information content (AvgIpc) is 2.87. The molecule has 0 atom stereocenters. The zero-order valence-corrected chi connectivity index (χ0v) is 12.7. The lowest BCUT2D eigenvalue weighted by Crippen LogP contribution is -2.22. The summed E-state index contributed by atoms with van der Waals surface area (Å²) >= 11 is 0. The fourth-order valence-corrected chi connectivity index (χ4v) is 2.26. The van der Waals surface area contributed by atoms with Crippen LogP contribution in [-0.2, 0) is 13.0 Å². The second-order valence-corrected chi connectivity index (χ2v) is 5.09. The normalized spacial score (nSPS) is 11.1. The highest BCUT2D eigenvalue weighted by Gasteiger charge is 2.13. The van der Waals surface area contributed by atoms with E-state index in [0.717, 1.165) is 24.4 Å². The van der Waals surface area contributed by atoms with E-state index >= 15 is 0 Å². The van der Waals surface area contributed by atoms with Crippen molar-refractivity contribution in [2.24, 2.45) is 0 Å². The Morgan fingerprint density at radius 3 is 2.70 bits per heavy atom. The molecule has 4 nitrogen and oxygen atoms in total. The summed E-state index contributed by atoms with van der Waals surface area (Å²) in [5, 5.41) is 7.99. The molecule has 0 aliphatic carbocycles. The van der Waals surface area contributed by atoms with Gasteiger partial charge in [0.15, 0.2) is 0 Å². The van der Waals surface area contributed by atoms with Crippen molar-refractivity contribution >= 4 is 0 Å². The summed E-state index contributed by atoms with van der Waals surface area (Å²) in [4.78, 5) is 0. The van der Waals surface area contributed by atoms with Crippen LogP contribution in [0.2, 0.25) is 0 Å². The molecule has 108 valence electrons. The molecule has 20 heavy (non-hydrogen) atoms. The van der Waals surface area contributed by atoms with Gasteiger partial charge in [-0.3, -0.25) is 0 Å². The number of methoxy groups -OCH3 is 1. The van der Waals surface area contributed by atoms with E-state index in [-0.39, 0.29) is 0 Å². The second-order valence-electron chi connectivity index (χ2n) is 5.09. The van der Waals surface area contributed by atoms with Crippen LogP contribution in [0.25, 0.3) is 5.69 Å². The maximum absolute atomic E-state index is 5.43. The van der Waals surface area contributed by atoms with Crippen LogP contribution in [0.4, 0.5) is 0 Å². The molecule has 0 radical (unpaired) electrons. The number of aromatic nitrogens is 2. The first-order valence-electron chi connectivity index (χ1n) is 7.09. The monoisotopic (exact) mass is 273 g/mol. The predicted molar refractivity (Wildman–Crippen MR) is 81.5 cm³/mol. The minimum absolute atomic E-state index is 0.467. The van der Waals surface area contributed by atoms with Crippen molar-refractivity contribution in [3.63, 3.8) is 0 Å². The Hall–Kier alpha value is -1.81. The van der Waals surface area contributed by atoms with Crippen LogP contribution < -0.4 is 10.1 Å². The quantitative estimate of drug-likeness (QED) is 0.879. The number of para-hydroxylation sites is 2. The van der Waals surface area contributed by atoms with Crippen LogP contribution in [0.3, 0.4) is 0 Å². The standard InChI is InChI=1S/C16H23N3O/c1-5-14-13(10-17-12(2)3)11-18-19(14)15-8-6-7-9-16(15)20-4/h6-9,11-12,17H,5,10H2,1-4H3. The van der Waals surface area contributed by atoms with Crippen LogP contribution in [0.15, 0.2) is 30.5 Å². The first-order valence-corrected chi connectivity index (χ1v) is 7.09. The molecule has 0 aliphatic heterocycles. The van der Waals surface area contributed by atoms with E-state index < -0.39 is 0 Å². The van der Waals surface area contributed by atoms with Gasteiger partial charge in [-0.1, -0.05) is 32.9 Å². The van der Waals surface area contributed by atoms with E-state index in [1.165, 1.54) is 11.3 Å². The van der Waals surface area contributed by atoms with E-state index in [1.54, 1.807) is 7.11 Å². The van der Waals surface area contributed by atoms with Crippen LogP contribution in [0.1, 0.15) is 32.0 Å². The molecule has 0 saturated heterocycles. The number of benzene rings is 1. The van der Waals surface area contributed by atoms with Gasteiger partial charge >= 0.3 is 0 Å². The minimum Gasteiger partial charge on any atom is -0.494 e. The molecular formula is C16H23N3O. The van der Waals surface area contributed by atoms with Crippen LogP contribution in [0, 0.1) is 0 Å². The Labute approximate surface area is 120 Å². The fourth-order valence-electron chi connectivity index (χ4n) is 2.26. The summed E-state index contributed by atoms with van der Waals surface area (Å²) in [7, 11) is 1.69. The fraction of sp³-hybridized carbons (Fsp3) is 0.438. The lowest BCUT2D eigenvalue weighted by Gasteiger charge is -2.12. The van der Waals surface area contributed by atoms with Crippen LogP contribution in [0.5, 0.6) is 5.75 Å². The topological polar surface area (TPSA) is 39.1 Å². The number of hydrogen-bond donors (Lipinski definition) is 1. The molecule has 0 amide bonds. The van der Waals surface area contributed by atoms with E-state index in [9.17, 15) is 0 Å². The molecule has 1 aromatic heterocycles. The van der Waals surface area contributed by atoms with Crippen molar-refractivity contribution in [3.05, 3.63) is 41.7 Å². The van der Waals surface area contributed by atoms with Crippen LogP contribution >= 0.6 is 0 Å². The first kappa shape index (κ1) is 14.6. The number of hydrogen-bond acceptors (Lipinski definition) is 3. The molecular weight excluding hydrogens is 250 g/mol. The van der Waals surface area contributed by atoms with Gasteiger partial charge in [-0.05, 0) is 18.6 Å². The van der Waals surface area contributed by atoms with E-state index in [2.05, 4.69) is 31.2 Å². The Balaban J connectivity index is 2.37. The summed E-state index contributed by atoms with van der Waals surface area (Å²) in [6.45, 7) is 7.30. The predicted octanol–water partition coefficient (Wildman–Crippen LogP) is 2.94. The molecule has 1 aromatic carbocycles. The minimum atomic E-state index is 0.467. The second kappa shape index (κ2) is 6.57. The van der Waals surface area contributed by atoms with Gasteiger partial charge in [0.1, 0.15) is 11.4 Å². The Kier molecular flexibility index (Phi) is 4.79. The number of rotatable bonds is 6. The molecule has 4 heteroatoms. The van der Waals surface area contributed by atoms with Gasteiger partial charge in [-0.2, -0.15) is 5.10 Å². The molecule has 0 saturated carbocycles. The summed E-state index contributed by atoms with van der Waals surface area (Å²) in [6.07, 6.45) is 2.88. The van der Waals surface area contributed by atoms with E-state index in [1.807, 2.05) is 35.1 Å². The third-order valence-electron chi connectivity index (χ3n) is 3.30. The highest BCUT2D eigenvalue weighted by molar-refractivity contribution is 5.47. The Bertz CT molecular complexity index is 561. The lowest BCUT2D eigenvalue weighted by molar-refractivity contribution is 0.411. The summed E-state index contributed by atoms with van der Waals surface area (Å²) in [5.41, 5.74) is 3.46.